The lowest BCUT2D eigenvalue weighted by Gasteiger charge is -2.22. The summed E-state index contributed by atoms with van der Waals surface area (Å²) in [6, 6.07) is 14.9. The molecule has 3 rings (SSSR count). The number of hydrogen-bond acceptors (Lipinski definition) is 3. The molecule has 2 aromatic carbocycles. The standard InChI is InChI=1S/C18H20N4O2/c1-2-19-18(21-12-11-15-5-3-4-6-17(15)21)20-13-14-7-9-16(10-8-14)22(23)24/h3-10H,2,11-13H2,1H3,(H,19,20). The molecule has 24 heavy (non-hydrogen) atoms. The number of para-hydroxylation sites is 1. The SMILES string of the molecule is CCNC(=NCc1ccc([N+](=O)[O-])cc1)N1CCc2ccccc21. The Bertz CT molecular complexity index is 756. The Morgan fingerprint density at radius 3 is 2.71 bits per heavy atom. The van der Waals surface area contributed by atoms with E-state index in [-0.39, 0.29) is 5.69 Å². The molecule has 0 radical (unpaired) electrons. The smallest absolute Gasteiger partial charge is 0.269 e. The second kappa shape index (κ2) is 7.12. The van der Waals surface area contributed by atoms with Crippen LogP contribution < -0.4 is 10.2 Å². The van der Waals surface area contributed by atoms with Crippen molar-refractivity contribution in [2.75, 3.05) is 18.0 Å². The van der Waals surface area contributed by atoms with Gasteiger partial charge in [0.15, 0.2) is 5.96 Å². The summed E-state index contributed by atoms with van der Waals surface area (Å²) in [6.45, 7) is 4.23. The van der Waals surface area contributed by atoms with Gasteiger partial charge in [-0.05, 0) is 30.5 Å². The first-order valence-corrected chi connectivity index (χ1v) is 8.06. The van der Waals surface area contributed by atoms with Crippen LogP contribution >= 0.6 is 0 Å². The van der Waals surface area contributed by atoms with Crippen LogP contribution in [0.2, 0.25) is 0 Å². The summed E-state index contributed by atoms with van der Waals surface area (Å²) < 4.78 is 0. The number of nitro benzene ring substituents is 1. The van der Waals surface area contributed by atoms with Gasteiger partial charge in [-0.25, -0.2) is 4.99 Å². The fourth-order valence-corrected chi connectivity index (χ4v) is 2.84. The van der Waals surface area contributed by atoms with Gasteiger partial charge in [-0.1, -0.05) is 30.3 Å². The summed E-state index contributed by atoms with van der Waals surface area (Å²) in [7, 11) is 0. The van der Waals surface area contributed by atoms with Gasteiger partial charge in [0.05, 0.1) is 11.5 Å². The average molecular weight is 324 g/mol. The van der Waals surface area contributed by atoms with Gasteiger partial charge in [-0.3, -0.25) is 10.1 Å². The monoisotopic (exact) mass is 324 g/mol. The Balaban J connectivity index is 1.78. The lowest BCUT2D eigenvalue weighted by molar-refractivity contribution is -0.384. The predicted molar refractivity (Wildman–Crippen MR) is 95.4 cm³/mol. The molecule has 1 N–H and O–H groups in total. The molecule has 0 unspecified atom stereocenters. The van der Waals surface area contributed by atoms with Crippen molar-refractivity contribution in [2.45, 2.75) is 19.9 Å². The van der Waals surface area contributed by atoms with Crippen molar-refractivity contribution in [3.63, 3.8) is 0 Å². The zero-order valence-corrected chi connectivity index (χ0v) is 13.6. The maximum absolute atomic E-state index is 10.7. The topological polar surface area (TPSA) is 70.8 Å². The number of nitrogens with one attached hydrogen (secondary N) is 1. The fourth-order valence-electron chi connectivity index (χ4n) is 2.84. The van der Waals surface area contributed by atoms with Crippen molar-refractivity contribution in [1.82, 2.24) is 5.32 Å². The molecule has 1 aliphatic heterocycles. The largest absolute Gasteiger partial charge is 0.356 e. The number of hydrogen-bond donors (Lipinski definition) is 1. The molecular formula is C18H20N4O2. The van der Waals surface area contributed by atoms with Gasteiger partial charge in [0.25, 0.3) is 5.69 Å². The average Bonchev–Trinajstić information content (AvgIpc) is 3.03. The van der Waals surface area contributed by atoms with Crippen molar-refractivity contribution in [2.24, 2.45) is 4.99 Å². The number of fused-ring (bicyclic) bond motifs is 1. The van der Waals surface area contributed by atoms with Crippen LogP contribution in [0.25, 0.3) is 0 Å². The number of aliphatic imine (C=N–C) groups is 1. The van der Waals surface area contributed by atoms with E-state index in [1.807, 2.05) is 13.0 Å². The number of benzene rings is 2. The van der Waals surface area contributed by atoms with E-state index in [1.54, 1.807) is 12.1 Å². The van der Waals surface area contributed by atoms with Crippen molar-refractivity contribution in [3.8, 4) is 0 Å². The van der Waals surface area contributed by atoms with E-state index in [1.165, 1.54) is 23.4 Å². The van der Waals surface area contributed by atoms with E-state index in [0.29, 0.717) is 6.54 Å². The summed E-state index contributed by atoms with van der Waals surface area (Å²) >= 11 is 0. The first-order chi connectivity index (χ1) is 11.7. The minimum Gasteiger partial charge on any atom is -0.356 e. The van der Waals surface area contributed by atoms with Gasteiger partial charge in [-0.2, -0.15) is 0 Å². The molecule has 6 nitrogen and oxygen atoms in total. The second-order valence-electron chi connectivity index (χ2n) is 5.62. The van der Waals surface area contributed by atoms with Crippen LogP contribution in [0, 0.1) is 10.1 Å². The first-order valence-electron chi connectivity index (χ1n) is 8.06. The van der Waals surface area contributed by atoms with Crippen LogP contribution in [0.3, 0.4) is 0 Å². The number of anilines is 1. The Morgan fingerprint density at radius 1 is 1.25 bits per heavy atom. The summed E-state index contributed by atoms with van der Waals surface area (Å²) in [5, 5.41) is 14.0. The third kappa shape index (κ3) is 3.37. The third-order valence-electron chi connectivity index (χ3n) is 4.04. The molecule has 124 valence electrons. The van der Waals surface area contributed by atoms with E-state index in [0.717, 1.165) is 31.0 Å². The lowest BCUT2D eigenvalue weighted by atomic mass is 10.2. The lowest BCUT2D eigenvalue weighted by Crippen LogP contribution is -2.40. The molecule has 0 amide bonds. The number of non-ortho nitro benzene ring substituents is 1. The number of nitrogens with zero attached hydrogens (tertiary/aromatic N) is 3. The maximum Gasteiger partial charge on any atom is 0.269 e. The zero-order chi connectivity index (χ0) is 16.9. The molecule has 0 saturated heterocycles. The molecule has 0 fully saturated rings. The highest BCUT2D eigenvalue weighted by Crippen LogP contribution is 2.27. The normalized spacial score (nSPS) is 13.7. The Hall–Kier alpha value is -2.89. The minimum absolute atomic E-state index is 0.100. The highest BCUT2D eigenvalue weighted by Gasteiger charge is 2.22. The molecule has 2 aromatic rings. The molecule has 1 aliphatic rings. The van der Waals surface area contributed by atoms with Crippen LogP contribution in [-0.2, 0) is 13.0 Å². The molecule has 0 spiro atoms. The van der Waals surface area contributed by atoms with Crippen LogP contribution in [0.5, 0.6) is 0 Å². The molecule has 1 heterocycles. The van der Waals surface area contributed by atoms with Gasteiger partial charge >= 0.3 is 0 Å². The van der Waals surface area contributed by atoms with Crippen molar-refractivity contribution < 1.29 is 4.92 Å². The zero-order valence-electron chi connectivity index (χ0n) is 13.6. The predicted octanol–water partition coefficient (Wildman–Crippen LogP) is 3.12. The van der Waals surface area contributed by atoms with Crippen LogP contribution in [0.15, 0.2) is 53.5 Å². The highest BCUT2D eigenvalue weighted by molar-refractivity contribution is 5.97. The van der Waals surface area contributed by atoms with E-state index >= 15 is 0 Å². The van der Waals surface area contributed by atoms with Crippen LogP contribution in [-0.4, -0.2) is 24.0 Å². The van der Waals surface area contributed by atoms with Crippen molar-refractivity contribution in [3.05, 3.63) is 69.8 Å². The molecule has 6 heteroatoms. The van der Waals surface area contributed by atoms with E-state index in [4.69, 9.17) is 4.99 Å². The molecular weight excluding hydrogens is 304 g/mol. The van der Waals surface area contributed by atoms with Gasteiger partial charge in [0, 0.05) is 30.9 Å². The Morgan fingerprint density at radius 2 is 2.00 bits per heavy atom. The number of guanidine groups is 1. The maximum atomic E-state index is 10.7. The van der Waals surface area contributed by atoms with Gasteiger partial charge in [-0.15, -0.1) is 0 Å². The Kier molecular flexibility index (Phi) is 4.74. The molecule has 0 saturated carbocycles. The molecule has 0 atom stereocenters. The quantitative estimate of drug-likeness (QED) is 0.406. The minimum atomic E-state index is -0.391. The van der Waals surface area contributed by atoms with E-state index in [2.05, 4.69) is 28.4 Å². The van der Waals surface area contributed by atoms with Crippen LogP contribution in [0.1, 0.15) is 18.1 Å². The highest BCUT2D eigenvalue weighted by atomic mass is 16.6. The summed E-state index contributed by atoms with van der Waals surface area (Å²) in [4.78, 5) is 17.2. The first kappa shape index (κ1) is 16.0. The van der Waals surface area contributed by atoms with Gasteiger partial charge < -0.3 is 10.2 Å². The van der Waals surface area contributed by atoms with Gasteiger partial charge in [0.1, 0.15) is 0 Å². The fraction of sp³-hybridized carbons (Fsp3) is 0.278. The Labute approximate surface area is 141 Å². The van der Waals surface area contributed by atoms with E-state index < -0.39 is 4.92 Å². The molecule has 0 aromatic heterocycles. The third-order valence-corrected chi connectivity index (χ3v) is 4.04. The molecule has 0 aliphatic carbocycles. The van der Waals surface area contributed by atoms with Crippen molar-refractivity contribution >= 4 is 17.3 Å². The molecule has 0 bridgehead atoms. The van der Waals surface area contributed by atoms with Gasteiger partial charge in [0.2, 0.25) is 0 Å². The van der Waals surface area contributed by atoms with Crippen molar-refractivity contribution in [1.29, 1.82) is 0 Å². The number of rotatable bonds is 4. The summed E-state index contributed by atoms with van der Waals surface area (Å²) in [6.07, 6.45) is 1.01. The second-order valence-corrected chi connectivity index (χ2v) is 5.62. The summed E-state index contributed by atoms with van der Waals surface area (Å²) in [5.74, 6) is 0.848. The summed E-state index contributed by atoms with van der Waals surface area (Å²) in [5.41, 5.74) is 3.57. The number of nitro groups is 1. The van der Waals surface area contributed by atoms with E-state index in [9.17, 15) is 10.1 Å². The van der Waals surface area contributed by atoms with Crippen LogP contribution in [0.4, 0.5) is 11.4 Å².